The van der Waals surface area contributed by atoms with Crippen LogP contribution in [0.1, 0.15) is 32.6 Å². The van der Waals surface area contributed by atoms with Gasteiger partial charge in [-0.3, -0.25) is 38.6 Å². The van der Waals surface area contributed by atoms with Gasteiger partial charge in [-0.05, 0) is 19.8 Å². The van der Waals surface area contributed by atoms with E-state index in [2.05, 4.69) is 15.6 Å². The van der Waals surface area contributed by atoms with Gasteiger partial charge in [0.15, 0.2) is 12.0 Å². The number of aliphatic carboxylic acids is 2. The van der Waals surface area contributed by atoms with Gasteiger partial charge in [-0.25, -0.2) is 4.79 Å². The van der Waals surface area contributed by atoms with Gasteiger partial charge >= 0.3 is 11.9 Å². The lowest BCUT2D eigenvalue weighted by Gasteiger charge is -2.24. The lowest BCUT2D eigenvalue weighted by atomic mass is 10.1. The standard InChI is InChI=1S/C23H40N10O12/c1-9(35)17(22(44)45)33-21(43)13(8-34)32-20(42)12(6-16(38)39)30-15(37)7-29-19(41)11(3-2-4-28-23(26)27)31-18(40)10(24)5-14(25)36/h9-13,17,34-35H,2-8,24H2,1H3,(H2,25,36)(H,29,41)(H,30,37)(H,31,40)(H,32,42)(H,33,43)(H,38,39)(H,44,45)(H4,26,27,28)/t9-,10+,11+,12+,13+,17+/m1/s1. The Morgan fingerprint density at radius 3 is 1.84 bits per heavy atom. The lowest BCUT2D eigenvalue weighted by molar-refractivity contribution is -0.146. The molecule has 0 spiro atoms. The minimum absolute atomic E-state index is 0.0602. The molecule has 17 N–H and O–H groups in total. The first-order valence-corrected chi connectivity index (χ1v) is 13.2. The van der Waals surface area contributed by atoms with Crippen LogP contribution < -0.4 is 49.5 Å². The number of nitrogens with zero attached hydrogens (tertiary/aromatic N) is 1. The molecule has 6 atom stereocenters. The highest BCUT2D eigenvalue weighted by atomic mass is 16.4. The summed E-state index contributed by atoms with van der Waals surface area (Å²) in [6.45, 7) is -0.795. The first kappa shape index (κ1) is 39.9. The number of hydrogen-bond donors (Lipinski definition) is 13. The molecule has 254 valence electrons. The van der Waals surface area contributed by atoms with E-state index in [0.717, 1.165) is 6.92 Å². The van der Waals surface area contributed by atoms with E-state index in [1.54, 1.807) is 0 Å². The summed E-state index contributed by atoms with van der Waals surface area (Å²) in [4.78, 5) is 99.9. The van der Waals surface area contributed by atoms with Crippen molar-refractivity contribution in [1.82, 2.24) is 26.6 Å². The van der Waals surface area contributed by atoms with Crippen molar-refractivity contribution in [3.63, 3.8) is 0 Å². The van der Waals surface area contributed by atoms with Crippen LogP contribution in [-0.4, -0.2) is 130 Å². The monoisotopic (exact) mass is 648 g/mol. The van der Waals surface area contributed by atoms with Gasteiger partial charge < -0.3 is 69.9 Å². The second-order valence-electron chi connectivity index (χ2n) is 9.53. The Hall–Kier alpha value is -5.09. The number of primary amides is 1. The molecule has 45 heavy (non-hydrogen) atoms. The van der Waals surface area contributed by atoms with Crippen molar-refractivity contribution in [3.05, 3.63) is 0 Å². The molecule has 0 saturated carbocycles. The van der Waals surface area contributed by atoms with Crippen molar-refractivity contribution in [1.29, 1.82) is 0 Å². The molecule has 0 aromatic rings. The molecule has 0 saturated heterocycles. The average molecular weight is 649 g/mol. The van der Waals surface area contributed by atoms with Gasteiger partial charge in [0.1, 0.15) is 18.1 Å². The number of guanidine groups is 1. The molecular weight excluding hydrogens is 608 g/mol. The van der Waals surface area contributed by atoms with E-state index in [1.165, 1.54) is 0 Å². The molecular formula is C23H40N10O12. The number of carbonyl (C=O) groups is 8. The maximum atomic E-state index is 12.8. The number of rotatable bonds is 21. The van der Waals surface area contributed by atoms with E-state index in [4.69, 9.17) is 28.0 Å². The number of aliphatic hydroxyl groups is 2. The zero-order valence-corrected chi connectivity index (χ0v) is 24.2. The van der Waals surface area contributed by atoms with E-state index >= 15 is 0 Å². The van der Waals surface area contributed by atoms with Crippen LogP contribution >= 0.6 is 0 Å². The summed E-state index contributed by atoms with van der Waals surface area (Å²) < 4.78 is 0. The number of aliphatic hydroxyl groups excluding tert-OH is 2. The third-order valence-corrected chi connectivity index (χ3v) is 5.65. The Morgan fingerprint density at radius 2 is 1.36 bits per heavy atom. The van der Waals surface area contributed by atoms with Gasteiger partial charge in [0.05, 0.1) is 38.1 Å². The predicted octanol–water partition coefficient (Wildman–Crippen LogP) is -7.77. The molecule has 0 aliphatic carbocycles. The molecule has 6 amide bonds. The normalized spacial score (nSPS) is 14.6. The molecule has 0 heterocycles. The Kier molecular flexibility index (Phi) is 17.7. The molecule has 0 fully saturated rings. The number of nitrogens with one attached hydrogen (secondary N) is 5. The van der Waals surface area contributed by atoms with Crippen LogP contribution in [0.4, 0.5) is 0 Å². The lowest BCUT2D eigenvalue weighted by Crippen LogP contribution is -2.59. The highest BCUT2D eigenvalue weighted by Crippen LogP contribution is 2.02. The van der Waals surface area contributed by atoms with E-state index in [0.29, 0.717) is 0 Å². The third kappa shape index (κ3) is 16.4. The van der Waals surface area contributed by atoms with Crippen molar-refractivity contribution >= 4 is 53.3 Å². The molecule has 22 heteroatoms. The third-order valence-electron chi connectivity index (χ3n) is 5.65. The van der Waals surface area contributed by atoms with Crippen molar-refractivity contribution in [2.45, 2.75) is 68.9 Å². The number of amides is 6. The van der Waals surface area contributed by atoms with Crippen LogP contribution in [0.5, 0.6) is 0 Å². The summed E-state index contributed by atoms with van der Waals surface area (Å²) in [5.74, 6) is -9.73. The van der Waals surface area contributed by atoms with Crippen molar-refractivity contribution < 1.29 is 58.8 Å². The van der Waals surface area contributed by atoms with E-state index in [1.807, 2.05) is 16.0 Å². The zero-order chi connectivity index (χ0) is 34.9. The van der Waals surface area contributed by atoms with Crippen LogP contribution in [0.15, 0.2) is 4.99 Å². The average Bonchev–Trinajstić information content (AvgIpc) is 2.92. The highest BCUT2D eigenvalue weighted by molar-refractivity contribution is 5.96. The number of nitrogens with two attached hydrogens (primary N) is 4. The van der Waals surface area contributed by atoms with Crippen LogP contribution in [0, 0.1) is 0 Å². The van der Waals surface area contributed by atoms with E-state index < -0.39 is 110 Å². The maximum absolute atomic E-state index is 12.8. The Labute approximate surface area is 255 Å². The second kappa shape index (κ2) is 20.0. The van der Waals surface area contributed by atoms with Gasteiger partial charge in [0.25, 0.3) is 0 Å². The largest absolute Gasteiger partial charge is 0.481 e. The summed E-state index contributed by atoms with van der Waals surface area (Å²) >= 11 is 0. The minimum Gasteiger partial charge on any atom is -0.481 e. The molecule has 0 unspecified atom stereocenters. The number of carboxylic acid groups (broad SMARTS) is 2. The summed E-state index contributed by atoms with van der Waals surface area (Å²) in [5.41, 5.74) is 21.1. The fraction of sp³-hybridized carbons (Fsp3) is 0.609. The summed E-state index contributed by atoms with van der Waals surface area (Å²) in [6.07, 6.45) is -3.00. The molecule has 0 aliphatic rings. The Balaban J connectivity index is 5.50. The van der Waals surface area contributed by atoms with Crippen molar-refractivity contribution in [3.8, 4) is 0 Å². The number of carbonyl (C=O) groups excluding carboxylic acids is 6. The molecule has 0 aromatic carbocycles. The number of hydrogen-bond acceptors (Lipinski definition) is 12. The predicted molar refractivity (Wildman–Crippen MR) is 151 cm³/mol. The summed E-state index contributed by atoms with van der Waals surface area (Å²) in [7, 11) is 0. The van der Waals surface area contributed by atoms with Gasteiger partial charge in [-0.15, -0.1) is 0 Å². The Bertz CT molecular complexity index is 1130. The molecule has 0 rings (SSSR count). The fourth-order valence-electron chi connectivity index (χ4n) is 3.39. The summed E-state index contributed by atoms with van der Waals surface area (Å²) in [5, 5.41) is 47.6. The fourth-order valence-corrected chi connectivity index (χ4v) is 3.39. The Morgan fingerprint density at radius 1 is 0.778 bits per heavy atom. The topological polar surface area (TPSA) is 394 Å². The van der Waals surface area contributed by atoms with Crippen LogP contribution in [0.3, 0.4) is 0 Å². The summed E-state index contributed by atoms with van der Waals surface area (Å²) in [6, 6.07) is -8.16. The highest BCUT2D eigenvalue weighted by Gasteiger charge is 2.32. The maximum Gasteiger partial charge on any atom is 0.328 e. The quantitative estimate of drug-likeness (QED) is 0.0312. The van der Waals surface area contributed by atoms with Crippen molar-refractivity contribution in [2.75, 3.05) is 19.7 Å². The van der Waals surface area contributed by atoms with Crippen LogP contribution in [-0.2, 0) is 38.4 Å². The van der Waals surface area contributed by atoms with Gasteiger partial charge in [-0.2, -0.15) is 0 Å². The SMILES string of the molecule is C[C@@H](O)[C@H](NC(=O)[C@H](CO)NC(=O)[C@H](CC(=O)O)NC(=O)CNC(=O)[C@H](CCCN=C(N)N)NC(=O)[C@@H](N)CC(N)=O)C(=O)O. The molecule has 0 aromatic heterocycles. The first-order valence-electron chi connectivity index (χ1n) is 13.2. The van der Waals surface area contributed by atoms with Crippen LogP contribution in [0.2, 0.25) is 0 Å². The van der Waals surface area contributed by atoms with Gasteiger partial charge in [0.2, 0.25) is 35.4 Å². The van der Waals surface area contributed by atoms with Gasteiger partial charge in [-0.1, -0.05) is 0 Å². The zero-order valence-electron chi connectivity index (χ0n) is 24.2. The first-order chi connectivity index (χ1) is 20.9. The second-order valence-corrected chi connectivity index (χ2v) is 9.53. The van der Waals surface area contributed by atoms with Crippen LogP contribution in [0.25, 0.3) is 0 Å². The van der Waals surface area contributed by atoms with Crippen molar-refractivity contribution in [2.24, 2.45) is 27.9 Å². The van der Waals surface area contributed by atoms with E-state index in [9.17, 15) is 53.7 Å². The van der Waals surface area contributed by atoms with Gasteiger partial charge in [0, 0.05) is 6.54 Å². The minimum atomic E-state index is -1.84. The number of carboxylic acids is 2. The smallest absolute Gasteiger partial charge is 0.328 e. The van der Waals surface area contributed by atoms with E-state index in [-0.39, 0.29) is 25.3 Å². The molecule has 0 aliphatic heterocycles. The molecule has 0 radical (unpaired) electrons. The number of aliphatic imine (C=N–C) groups is 1. The molecule has 0 bridgehead atoms. The molecule has 22 nitrogen and oxygen atoms in total.